The van der Waals surface area contributed by atoms with E-state index in [1.165, 1.54) is 5.56 Å². The molecule has 0 amide bonds. The van der Waals surface area contributed by atoms with E-state index in [-0.39, 0.29) is 0 Å². The van der Waals surface area contributed by atoms with E-state index in [0.717, 1.165) is 78.2 Å². The van der Waals surface area contributed by atoms with Crippen molar-refractivity contribution in [2.75, 3.05) is 51.8 Å². The van der Waals surface area contributed by atoms with E-state index in [4.69, 9.17) is 13.9 Å². The number of benzene rings is 2. The van der Waals surface area contributed by atoms with Gasteiger partial charge in [-0.3, -0.25) is 9.88 Å². The van der Waals surface area contributed by atoms with Gasteiger partial charge < -0.3 is 18.8 Å². The number of piperazine rings is 1. The molecule has 6 nitrogen and oxygen atoms in total. The van der Waals surface area contributed by atoms with Crippen molar-refractivity contribution >= 4 is 27.6 Å². The third-order valence-electron chi connectivity index (χ3n) is 6.17. The Morgan fingerprint density at radius 3 is 2.68 bits per heavy atom. The Bertz CT molecular complexity index is 1200. The van der Waals surface area contributed by atoms with Gasteiger partial charge >= 0.3 is 0 Å². The topological polar surface area (TPSA) is 51.0 Å². The largest absolute Gasteiger partial charge is 0.497 e. The van der Waals surface area contributed by atoms with Gasteiger partial charge in [-0.2, -0.15) is 0 Å². The first-order chi connectivity index (χ1) is 15.3. The third-order valence-corrected chi connectivity index (χ3v) is 6.17. The lowest BCUT2D eigenvalue weighted by molar-refractivity contribution is 0.261. The predicted octanol–water partition coefficient (Wildman–Crippen LogP) is 4.36. The van der Waals surface area contributed by atoms with Gasteiger partial charge in [0.05, 0.1) is 31.7 Å². The Morgan fingerprint density at radius 2 is 1.87 bits per heavy atom. The quantitative estimate of drug-likeness (QED) is 0.465. The van der Waals surface area contributed by atoms with Crippen LogP contribution in [-0.2, 0) is 6.42 Å². The summed E-state index contributed by atoms with van der Waals surface area (Å²) in [5.41, 5.74) is 4.26. The molecule has 0 saturated carbocycles. The summed E-state index contributed by atoms with van der Waals surface area (Å²) in [5, 5.41) is 2.26. The summed E-state index contributed by atoms with van der Waals surface area (Å²) in [7, 11) is 3.39. The smallest absolute Gasteiger partial charge is 0.175 e. The Labute approximate surface area is 182 Å². The van der Waals surface area contributed by atoms with Gasteiger partial charge in [0, 0.05) is 55.8 Å². The highest BCUT2D eigenvalue weighted by molar-refractivity contribution is 5.92. The van der Waals surface area contributed by atoms with Crippen molar-refractivity contribution in [2.24, 2.45) is 0 Å². The lowest BCUT2D eigenvalue weighted by Crippen LogP contribution is -2.47. The number of furan rings is 1. The first-order valence-electron chi connectivity index (χ1n) is 10.7. The normalized spacial score (nSPS) is 15.0. The number of para-hydroxylation sites is 1. The lowest BCUT2D eigenvalue weighted by Gasteiger charge is -2.36. The van der Waals surface area contributed by atoms with Gasteiger partial charge in [-0.25, -0.2) is 0 Å². The summed E-state index contributed by atoms with van der Waals surface area (Å²) in [6.45, 7) is 4.99. The van der Waals surface area contributed by atoms with Crippen molar-refractivity contribution in [1.82, 2.24) is 9.88 Å². The number of ether oxygens (including phenoxy) is 2. The Hall–Kier alpha value is -3.25. The molecule has 1 aliphatic heterocycles. The molecule has 3 heterocycles. The summed E-state index contributed by atoms with van der Waals surface area (Å²) in [5.74, 6) is 1.66. The fourth-order valence-corrected chi connectivity index (χ4v) is 4.43. The minimum Gasteiger partial charge on any atom is -0.497 e. The highest BCUT2D eigenvalue weighted by Crippen LogP contribution is 2.32. The van der Waals surface area contributed by atoms with Crippen LogP contribution in [0.25, 0.3) is 21.9 Å². The average Bonchev–Trinajstić information content (AvgIpc) is 3.25. The second-order valence-electron chi connectivity index (χ2n) is 7.90. The summed E-state index contributed by atoms with van der Waals surface area (Å²) in [6, 6.07) is 14.3. The number of methoxy groups -OCH3 is 2. The minimum absolute atomic E-state index is 0.788. The molecule has 2 aromatic heterocycles. The van der Waals surface area contributed by atoms with Crippen LogP contribution in [0.1, 0.15) is 5.56 Å². The fraction of sp³-hybridized carbons (Fsp3) is 0.320. The Kier molecular flexibility index (Phi) is 5.38. The molecule has 5 rings (SSSR count). The molecule has 1 fully saturated rings. The van der Waals surface area contributed by atoms with Gasteiger partial charge in [-0.05, 0) is 30.2 Å². The third kappa shape index (κ3) is 3.79. The van der Waals surface area contributed by atoms with Crippen LogP contribution in [0.15, 0.2) is 59.3 Å². The van der Waals surface area contributed by atoms with E-state index in [9.17, 15) is 0 Å². The van der Waals surface area contributed by atoms with Gasteiger partial charge in [0.1, 0.15) is 5.75 Å². The summed E-state index contributed by atoms with van der Waals surface area (Å²) >= 11 is 0. The van der Waals surface area contributed by atoms with Crippen LogP contribution in [0.3, 0.4) is 0 Å². The molecule has 2 aromatic carbocycles. The lowest BCUT2D eigenvalue weighted by atomic mass is 10.1. The van der Waals surface area contributed by atoms with Crippen LogP contribution in [0.5, 0.6) is 11.5 Å². The first kappa shape index (κ1) is 19.7. The highest BCUT2D eigenvalue weighted by atomic mass is 16.5. The van der Waals surface area contributed by atoms with E-state index >= 15 is 0 Å². The standard InChI is InChI=1S/C25H27N3O3/c1-29-20-15-18-5-4-9-26-24(18)22(16-20)28-13-11-27(12-14-28)10-8-19-17-31-25-21(19)6-3-7-23(25)30-2/h3-7,9,15-17H,8,10-14H2,1-2H3. The van der Waals surface area contributed by atoms with E-state index in [2.05, 4.69) is 33.0 Å². The SMILES string of the molecule is COc1cc(N2CCN(CCc3coc4c(OC)cccc34)CC2)c2ncccc2c1. The maximum absolute atomic E-state index is 5.78. The molecule has 0 unspecified atom stereocenters. The zero-order valence-corrected chi connectivity index (χ0v) is 18.0. The van der Waals surface area contributed by atoms with E-state index in [1.807, 2.05) is 36.7 Å². The molecule has 0 spiro atoms. The molecule has 4 aromatic rings. The van der Waals surface area contributed by atoms with Crippen LogP contribution in [-0.4, -0.2) is 56.8 Å². The molecule has 160 valence electrons. The molecule has 1 saturated heterocycles. The van der Waals surface area contributed by atoms with Gasteiger partial charge in [0.2, 0.25) is 0 Å². The highest BCUT2D eigenvalue weighted by Gasteiger charge is 2.20. The molecule has 1 aliphatic rings. The molecular weight excluding hydrogens is 390 g/mol. The van der Waals surface area contributed by atoms with Gasteiger partial charge in [-0.15, -0.1) is 0 Å². The van der Waals surface area contributed by atoms with Crippen LogP contribution >= 0.6 is 0 Å². The van der Waals surface area contributed by atoms with Crippen LogP contribution in [0, 0.1) is 0 Å². The summed E-state index contributed by atoms with van der Waals surface area (Å²) < 4.78 is 16.7. The van der Waals surface area contributed by atoms with Crippen molar-refractivity contribution in [3.05, 3.63) is 60.5 Å². The number of hydrogen-bond acceptors (Lipinski definition) is 6. The molecule has 0 N–H and O–H groups in total. The van der Waals surface area contributed by atoms with Gasteiger partial charge in [0.25, 0.3) is 0 Å². The number of fused-ring (bicyclic) bond motifs is 2. The minimum atomic E-state index is 0.788. The second-order valence-corrected chi connectivity index (χ2v) is 7.90. The van der Waals surface area contributed by atoms with E-state index in [0.29, 0.717) is 0 Å². The molecule has 6 heteroatoms. The molecule has 0 radical (unpaired) electrons. The fourth-order valence-electron chi connectivity index (χ4n) is 4.43. The number of pyridine rings is 1. The predicted molar refractivity (Wildman–Crippen MR) is 123 cm³/mol. The van der Waals surface area contributed by atoms with Crippen molar-refractivity contribution in [2.45, 2.75) is 6.42 Å². The van der Waals surface area contributed by atoms with Crippen LogP contribution in [0.4, 0.5) is 5.69 Å². The number of aromatic nitrogens is 1. The summed E-state index contributed by atoms with van der Waals surface area (Å²) in [4.78, 5) is 9.57. The van der Waals surface area contributed by atoms with Crippen molar-refractivity contribution in [3.63, 3.8) is 0 Å². The summed E-state index contributed by atoms with van der Waals surface area (Å²) in [6.07, 6.45) is 4.69. The Morgan fingerprint density at radius 1 is 1.00 bits per heavy atom. The number of anilines is 1. The van der Waals surface area contributed by atoms with Crippen molar-refractivity contribution in [3.8, 4) is 11.5 Å². The van der Waals surface area contributed by atoms with Crippen molar-refractivity contribution < 1.29 is 13.9 Å². The van der Waals surface area contributed by atoms with Gasteiger partial charge in [-0.1, -0.05) is 18.2 Å². The molecule has 31 heavy (non-hydrogen) atoms. The second kappa shape index (κ2) is 8.47. The number of rotatable bonds is 6. The maximum atomic E-state index is 5.78. The number of hydrogen-bond donors (Lipinski definition) is 0. The van der Waals surface area contributed by atoms with Gasteiger partial charge in [0.15, 0.2) is 11.3 Å². The Balaban J connectivity index is 1.26. The first-order valence-corrected chi connectivity index (χ1v) is 10.7. The number of nitrogens with zero attached hydrogens (tertiary/aromatic N) is 3. The van der Waals surface area contributed by atoms with E-state index in [1.54, 1.807) is 14.2 Å². The zero-order valence-electron chi connectivity index (χ0n) is 18.0. The molecule has 0 atom stereocenters. The zero-order chi connectivity index (χ0) is 21.2. The van der Waals surface area contributed by atoms with Crippen molar-refractivity contribution in [1.29, 1.82) is 0 Å². The molecular formula is C25H27N3O3. The van der Waals surface area contributed by atoms with Crippen LogP contribution in [0.2, 0.25) is 0 Å². The van der Waals surface area contributed by atoms with Crippen LogP contribution < -0.4 is 14.4 Å². The average molecular weight is 418 g/mol. The maximum Gasteiger partial charge on any atom is 0.175 e. The monoisotopic (exact) mass is 417 g/mol. The van der Waals surface area contributed by atoms with E-state index < -0.39 is 0 Å². The molecule has 0 bridgehead atoms. The molecule has 0 aliphatic carbocycles.